The number of rotatable bonds is 6. The summed E-state index contributed by atoms with van der Waals surface area (Å²) < 4.78 is 0. The Kier molecular flexibility index (Phi) is 11.2. The van der Waals surface area contributed by atoms with Crippen LogP contribution in [0, 0.1) is 0 Å². The number of aldehydes is 1. The first-order chi connectivity index (χ1) is 18.1. The molecule has 190 valence electrons. The standard InChI is InChI=1S/C17H19NO.C13H10S.C3H6O/c1-3-18(4-2)16-13-9-8-12-15(16)17(19)14-10-6-5-7-11-14;1-3-7-12-10(5-1)9-11-6-2-4-8-13(11)14-12;1-2-3-4/h5-13H,3-4H2,1-2H3;1-8H,9H2;3H,2H2,1H3. The molecule has 0 radical (unpaired) electrons. The number of anilines is 1. The number of nitrogens with zero attached hydrogens (tertiary/aromatic N) is 1. The Morgan fingerprint density at radius 2 is 1.22 bits per heavy atom. The van der Waals surface area contributed by atoms with Crippen molar-refractivity contribution in [3.8, 4) is 0 Å². The van der Waals surface area contributed by atoms with Crippen molar-refractivity contribution in [1.82, 2.24) is 0 Å². The first kappa shape index (κ1) is 27.9. The molecular formula is C33H35NO2S. The van der Waals surface area contributed by atoms with E-state index in [0.717, 1.165) is 42.6 Å². The second-order valence-corrected chi connectivity index (χ2v) is 9.54. The predicted molar refractivity (Wildman–Crippen MR) is 156 cm³/mol. The fourth-order valence-corrected chi connectivity index (χ4v) is 5.15. The van der Waals surface area contributed by atoms with Crippen LogP contribution < -0.4 is 4.90 Å². The SMILES string of the molecule is CCC=O.CCN(CC)c1ccccc1C(=O)c1ccccc1.c1ccc2c(c1)Cc1ccccc1S2. The molecule has 1 aliphatic heterocycles. The minimum Gasteiger partial charge on any atom is -0.371 e. The van der Waals surface area contributed by atoms with Crippen molar-refractivity contribution in [2.45, 2.75) is 43.4 Å². The maximum atomic E-state index is 12.6. The van der Waals surface area contributed by atoms with E-state index in [9.17, 15) is 9.59 Å². The summed E-state index contributed by atoms with van der Waals surface area (Å²) in [5, 5.41) is 0. The van der Waals surface area contributed by atoms with Gasteiger partial charge in [0.1, 0.15) is 6.29 Å². The van der Waals surface area contributed by atoms with Crippen molar-refractivity contribution in [1.29, 1.82) is 0 Å². The Hall–Kier alpha value is -3.63. The predicted octanol–water partition coefficient (Wildman–Crippen LogP) is 8.10. The third kappa shape index (κ3) is 7.68. The fourth-order valence-electron chi connectivity index (χ4n) is 4.07. The van der Waals surface area contributed by atoms with Gasteiger partial charge in [-0.25, -0.2) is 0 Å². The second-order valence-electron chi connectivity index (χ2n) is 8.45. The zero-order valence-corrected chi connectivity index (χ0v) is 22.7. The number of carbonyl (C=O) groups excluding carboxylic acids is 2. The summed E-state index contributed by atoms with van der Waals surface area (Å²) in [6.45, 7) is 7.82. The molecule has 5 rings (SSSR count). The molecule has 3 nitrogen and oxygen atoms in total. The normalized spacial score (nSPS) is 10.9. The first-order valence-corrected chi connectivity index (χ1v) is 13.7. The van der Waals surface area contributed by atoms with Crippen LogP contribution in [0.15, 0.2) is 113 Å². The molecule has 37 heavy (non-hydrogen) atoms. The van der Waals surface area contributed by atoms with Gasteiger partial charge in [-0.05, 0) is 55.7 Å². The van der Waals surface area contributed by atoms with Crippen LogP contribution in [-0.4, -0.2) is 25.2 Å². The van der Waals surface area contributed by atoms with Gasteiger partial charge in [0.15, 0.2) is 5.78 Å². The van der Waals surface area contributed by atoms with E-state index >= 15 is 0 Å². The van der Waals surface area contributed by atoms with Gasteiger partial charge in [-0.2, -0.15) is 0 Å². The maximum absolute atomic E-state index is 12.6. The van der Waals surface area contributed by atoms with Gasteiger partial charge in [-0.3, -0.25) is 4.79 Å². The topological polar surface area (TPSA) is 37.4 Å². The molecule has 4 heteroatoms. The second kappa shape index (κ2) is 14.8. The lowest BCUT2D eigenvalue weighted by molar-refractivity contribution is -0.107. The summed E-state index contributed by atoms with van der Waals surface area (Å²) >= 11 is 1.88. The Labute approximate surface area is 225 Å². The molecule has 1 aliphatic rings. The number of hydrogen-bond donors (Lipinski definition) is 0. The minimum absolute atomic E-state index is 0.0862. The van der Waals surface area contributed by atoms with E-state index in [1.54, 1.807) is 0 Å². The van der Waals surface area contributed by atoms with Crippen LogP contribution in [0.5, 0.6) is 0 Å². The van der Waals surface area contributed by atoms with Crippen LogP contribution in [0.3, 0.4) is 0 Å². The van der Waals surface area contributed by atoms with Crippen LogP contribution in [0.25, 0.3) is 0 Å². The molecule has 1 heterocycles. The monoisotopic (exact) mass is 509 g/mol. The van der Waals surface area contributed by atoms with Gasteiger partial charge in [0, 0.05) is 46.1 Å². The molecule has 0 atom stereocenters. The van der Waals surface area contributed by atoms with Crippen molar-refractivity contribution in [3.63, 3.8) is 0 Å². The molecule has 0 aliphatic carbocycles. The number of ketones is 1. The summed E-state index contributed by atoms with van der Waals surface area (Å²) in [6, 6.07) is 34.6. The van der Waals surface area contributed by atoms with E-state index in [1.807, 2.05) is 73.3 Å². The maximum Gasteiger partial charge on any atom is 0.195 e. The van der Waals surface area contributed by atoms with E-state index in [-0.39, 0.29) is 5.78 Å². The Balaban J connectivity index is 0.000000185. The molecule has 0 fully saturated rings. The minimum atomic E-state index is 0.0862. The highest BCUT2D eigenvalue weighted by Gasteiger charge is 2.16. The van der Waals surface area contributed by atoms with Crippen LogP contribution >= 0.6 is 11.8 Å². The molecule has 0 saturated carbocycles. The molecule has 0 bridgehead atoms. The van der Waals surface area contributed by atoms with Gasteiger partial charge in [-0.15, -0.1) is 0 Å². The van der Waals surface area contributed by atoms with E-state index in [0.29, 0.717) is 6.42 Å². The number of para-hydroxylation sites is 1. The van der Waals surface area contributed by atoms with Crippen molar-refractivity contribution in [2.24, 2.45) is 0 Å². The molecule has 4 aromatic carbocycles. The van der Waals surface area contributed by atoms with Gasteiger partial charge >= 0.3 is 0 Å². The van der Waals surface area contributed by atoms with Gasteiger partial charge < -0.3 is 9.69 Å². The van der Waals surface area contributed by atoms with Crippen LogP contribution in [0.2, 0.25) is 0 Å². The largest absolute Gasteiger partial charge is 0.371 e. The van der Waals surface area contributed by atoms with Crippen LogP contribution in [-0.2, 0) is 11.2 Å². The molecular weight excluding hydrogens is 474 g/mol. The molecule has 0 amide bonds. The molecule has 4 aromatic rings. The van der Waals surface area contributed by atoms with E-state index in [2.05, 4.69) is 67.3 Å². The van der Waals surface area contributed by atoms with E-state index in [4.69, 9.17) is 0 Å². The zero-order chi connectivity index (χ0) is 26.5. The van der Waals surface area contributed by atoms with Crippen LogP contribution in [0.1, 0.15) is 54.2 Å². The lowest BCUT2D eigenvalue weighted by Crippen LogP contribution is -2.24. The molecule has 0 aromatic heterocycles. The summed E-state index contributed by atoms with van der Waals surface area (Å²) in [5.74, 6) is 0.0862. The summed E-state index contributed by atoms with van der Waals surface area (Å²) in [5.41, 5.74) is 5.44. The Morgan fingerprint density at radius 1 is 0.730 bits per heavy atom. The fraction of sp³-hybridized carbons (Fsp3) is 0.212. The molecule has 0 saturated heterocycles. The smallest absolute Gasteiger partial charge is 0.195 e. The van der Waals surface area contributed by atoms with E-state index in [1.165, 1.54) is 20.9 Å². The van der Waals surface area contributed by atoms with Gasteiger partial charge in [0.25, 0.3) is 0 Å². The van der Waals surface area contributed by atoms with Crippen molar-refractivity contribution in [3.05, 3.63) is 125 Å². The van der Waals surface area contributed by atoms with Gasteiger partial charge in [-0.1, -0.05) is 97.5 Å². The van der Waals surface area contributed by atoms with Crippen molar-refractivity contribution >= 4 is 29.5 Å². The average Bonchev–Trinajstić information content (AvgIpc) is 2.97. The lowest BCUT2D eigenvalue weighted by atomic mass is 10.0. The van der Waals surface area contributed by atoms with E-state index < -0.39 is 0 Å². The Morgan fingerprint density at radius 3 is 1.76 bits per heavy atom. The highest BCUT2D eigenvalue weighted by atomic mass is 32.2. The highest BCUT2D eigenvalue weighted by Crippen LogP contribution is 2.38. The number of carbonyl (C=O) groups is 2. The first-order valence-electron chi connectivity index (χ1n) is 12.8. The van der Waals surface area contributed by atoms with Crippen LogP contribution in [0.4, 0.5) is 5.69 Å². The lowest BCUT2D eigenvalue weighted by Gasteiger charge is -2.23. The molecule has 0 unspecified atom stereocenters. The third-order valence-electron chi connectivity index (χ3n) is 6.00. The van der Waals surface area contributed by atoms with Gasteiger partial charge in [0.2, 0.25) is 0 Å². The van der Waals surface area contributed by atoms with Gasteiger partial charge in [0.05, 0.1) is 0 Å². The quantitative estimate of drug-likeness (QED) is 0.171. The van der Waals surface area contributed by atoms with Crippen molar-refractivity contribution < 1.29 is 9.59 Å². The molecule has 0 spiro atoms. The summed E-state index contributed by atoms with van der Waals surface area (Å²) in [7, 11) is 0. The molecule has 0 N–H and O–H groups in total. The highest BCUT2D eigenvalue weighted by molar-refractivity contribution is 7.99. The zero-order valence-electron chi connectivity index (χ0n) is 21.9. The number of fused-ring (bicyclic) bond motifs is 2. The Bertz CT molecular complexity index is 1190. The van der Waals surface area contributed by atoms with Crippen molar-refractivity contribution in [2.75, 3.05) is 18.0 Å². The third-order valence-corrected chi connectivity index (χ3v) is 7.24. The summed E-state index contributed by atoms with van der Waals surface area (Å²) in [4.78, 5) is 26.8. The average molecular weight is 510 g/mol. The number of hydrogen-bond acceptors (Lipinski definition) is 4. The summed E-state index contributed by atoms with van der Waals surface area (Å²) in [6.07, 6.45) is 2.60. The number of benzene rings is 4.